The van der Waals surface area contributed by atoms with Gasteiger partial charge < -0.3 is 15.3 Å². The Morgan fingerprint density at radius 3 is 2.86 bits per heavy atom. The van der Waals surface area contributed by atoms with Crippen LogP contribution in [0, 0.1) is 15.3 Å². The van der Waals surface area contributed by atoms with E-state index in [1.54, 1.807) is 0 Å². The largest absolute Gasteiger partial charge is 0.721 e. The van der Waals surface area contributed by atoms with Crippen LogP contribution in [0.15, 0.2) is 0 Å². The van der Waals surface area contributed by atoms with Gasteiger partial charge in [-0.1, -0.05) is 0 Å². The average molecular weight is 198 g/mol. The molecule has 0 amide bonds. The fourth-order valence-electron chi connectivity index (χ4n) is 0.802. The van der Waals surface area contributed by atoms with Crippen LogP contribution in [0.2, 0.25) is 0 Å². The summed E-state index contributed by atoms with van der Waals surface area (Å²) < 4.78 is 0.670. The maximum absolute atomic E-state index is 10.8. The van der Waals surface area contributed by atoms with Crippen LogP contribution in [0.1, 0.15) is 0 Å². The summed E-state index contributed by atoms with van der Waals surface area (Å²) in [6, 6.07) is 0. The van der Waals surface area contributed by atoms with Crippen LogP contribution >= 0.6 is 0 Å². The second-order valence-corrected chi connectivity index (χ2v) is 2.20. The molecule has 0 unspecified atom stereocenters. The van der Waals surface area contributed by atoms with Crippen molar-refractivity contribution in [2.75, 3.05) is 5.73 Å². The number of nitrogens with zero attached hydrogens (tertiary/aromatic N) is 7. The lowest BCUT2D eigenvalue weighted by atomic mass is 11.0. The number of hydrogen-bond donors (Lipinski definition) is 1. The van der Waals surface area contributed by atoms with E-state index in [4.69, 9.17) is 5.73 Å². The zero-order chi connectivity index (χ0) is 10.3. The van der Waals surface area contributed by atoms with E-state index in [0.717, 1.165) is 0 Å². The average Bonchev–Trinajstić information content (AvgIpc) is 2.48. The van der Waals surface area contributed by atoms with E-state index in [0.29, 0.717) is 4.52 Å². The first-order valence-electron chi connectivity index (χ1n) is 3.23. The Hall–Kier alpha value is -2.59. The van der Waals surface area contributed by atoms with Gasteiger partial charge in [-0.3, -0.25) is 5.73 Å². The molecule has 2 rings (SSSR count). The monoisotopic (exact) mass is 198 g/mol. The predicted molar refractivity (Wildman–Crippen MR) is 38.6 cm³/mol. The van der Waals surface area contributed by atoms with Gasteiger partial charge in [0.1, 0.15) is 0 Å². The van der Waals surface area contributed by atoms with E-state index in [2.05, 4.69) is 20.4 Å². The van der Waals surface area contributed by atoms with E-state index in [-0.39, 0.29) is 10.6 Å². The lowest BCUT2D eigenvalue weighted by Gasteiger charge is -1.97. The predicted octanol–water partition coefficient (Wildman–Crippen LogP) is -2.36. The quantitative estimate of drug-likeness (QED) is 0.231. The molecule has 0 saturated heterocycles. The van der Waals surface area contributed by atoms with E-state index < -0.39 is 16.8 Å². The maximum atomic E-state index is 10.8. The van der Waals surface area contributed by atoms with Crippen molar-refractivity contribution in [3.05, 3.63) is 15.3 Å². The summed E-state index contributed by atoms with van der Waals surface area (Å²) in [4.78, 5) is 9.54. The standard InChI is InChI=1S/C3H2N8O3/c4-1-7-9-2(8-10(1)12)5-6-3(9)11(13)14/h(H2,4,7). The molecule has 0 fully saturated rings. The van der Waals surface area contributed by atoms with Gasteiger partial charge in [0.25, 0.3) is 0 Å². The molecule has 0 bridgehead atoms. The van der Waals surface area contributed by atoms with Crippen LogP contribution in [0.25, 0.3) is 5.78 Å². The molecule has 0 aliphatic carbocycles. The van der Waals surface area contributed by atoms with Crippen LogP contribution in [0.3, 0.4) is 0 Å². The highest BCUT2D eigenvalue weighted by molar-refractivity contribution is 5.27. The van der Waals surface area contributed by atoms with Gasteiger partial charge >= 0.3 is 17.7 Å². The van der Waals surface area contributed by atoms with E-state index in [9.17, 15) is 15.3 Å². The third-order valence-corrected chi connectivity index (χ3v) is 1.35. The zero-order valence-electron chi connectivity index (χ0n) is 6.43. The number of anilines is 1. The van der Waals surface area contributed by atoms with Crippen molar-refractivity contribution in [1.29, 1.82) is 0 Å². The third kappa shape index (κ3) is 0.954. The Balaban J connectivity index is 2.80. The Bertz CT molecular complexity index is 518. The third-order valence-electron chi connectivity index (χ3n) is 1.35. The molecule has 11 nitrogen and oxygen atoms in total. The van der Waals surface area contributed by atoms with Crippen molar-refractivity contribution in [2.45, 2.75) is 0 Å². The van der Waals surface area contributed by atoms with Gasteiger partial charge in [0.15, 0.2) is 0 Å². The minimum atomic E-state index is -0.816. The Labute approximate surface area is 74.5 Å². The molecular formula is C3H2N8O3. The normalized spacial score (nSPS) is 10.6. The van der Waals surface area contributed by atoms with Crippen LogP contribution < -0.4 is 10.6 Å². The number of rotatable bonds is 1. The number of fused-ring (bicyclic) bond motifs is 1. The second-order valence-electron chi connectivity index (χ2n) is 2.20. The topological polar surface area (TPSA) is 152 Å². The van der Waals surface area contributed by atoms with Gasteiger partial charge in [-0.05, 0) is 15.1 Å². The SMILES string of the molecule is Nc1nn2c([N+](=O)[O-])nnc2n[n+]1[O-]. The van der Waals surface area contributed by atoms with Crippen molar-refractivity contribution in [3.8, 4) is 0 Å². The molecule has 2 heterocycles. The molecule has 72 valence electrons. The van der Waals surface area contributed by atoms with Crippen molar-refractivity contribution in [3.63, 3.8) is 0 Å². The first-order valence-corrected chi connectivity index (χ1v) is 3.23. The molecule has 0 aliphatic rings. The summed E-state index contributed by atoms with van der Waals surface area (Å²) in [5, 5.41) is 34.2. The number of nitro groups is 1. The highest BCUT2D eigenvalue weighted by Gasteiger charge is 2.24. The maximum Gasteiger partial charge on any atom is 0.497 e. The lowest BCUT2D eigenvalue weighted by molar-refractivity contribution is -0.655. The number of aromatic nitrogens is 6. The smallest absolute Gasteiger partial charge is 0.497 e. The van der Waals surface area contributed by atoms with Gasteiger partial charge in [-0.2, -0.15) is 0 Å². The first kappa shape index (κ1) is 8.03. The van der Waals surface area contributed by atoms with Gasteiger partial charge in [0.2, 0.25) is 0 Å². The molecule has 11 heteroatoms. The molecule has 0 atom stereocenters. The number of nitrogens with two attached hydrogens (primary N) is 1. The van der Waals surface area contributed by atoms with Gasteiger partial charge in [-0.15, -0.1) is 4.85 Å². The van der Waals surface area contributed by atoms with Crippen molar-refractivity contribution in [1.82, 2.24) is 24.9 Å². The highest BCUT2D eigenvalue weighted by Crippen LogP contribution is 2.05. The number of nitrogen functional groups attached to an aromatic ring is 1. The number of hydrogen-bond acceptors (Lipinski definition) is 8. The Morgan fingerprint density at radius 1 is 1.50 bits per heavy atom. The first-order chi connectivity index (χ1) is 6.59. The summed E-state index contributed by atoms with van der Waals surface area (Å²) in [5.41, 5.74) is 5.09. The highest BCUT2D eigenvalue weighted by atomic mass is 16.6. The van der Waals surface area contributed by atoms with E-state index >= 15 is 0 Å². The van der Waals surface area contributed by atoms with E-state index in [1.165, 1.54) is 0 Å². The molecule has 2 aromatic heterocycles. The summed E-state index contributed by atoms with van der Waals surface area (Å²) in [6.45, 7) is 0. The van der Waals surface area contributed by atoms with Crippen molar-refractivity contribution in [2.24, 2.45) is 0 Å². The zero-order valence-corrected chi connectivity index (χ0v) is 6.43. The summed E-state index contributed by atoms with van der Waals surface area (Å²) in [5.74, 6) is -1.47. The van der Waals surface area contributed by atoms with Crippen molar-refractivity contribution >= 4 is 17.7 Å². The van der Waals surface area contributed by atoms with Crippen LogP contribution in [0.4, 0.5) is 11.9 Å². The molecule has 0 spiro atoms. The fraction of sp³-hybridized carbons (Fsp3) is 0. The molecule has 0 saturated carbocycles. The van der Waals surface area contributed by atoms with Gasteiger partial charge in [0.05, 0.1) is 10.2 Å². The Morgan fingerprint density at radius 2 is 2.21 bits per heavy atom. The molecule has 14 heavy (non-hydrogen) atoms. The van der Waals surface area contributed by atoms with E-state index in [1.807, 2.05) is 0 Å². The second kappa shape index (κ2) is 2.45. The fourth-order valence-corrected chi connectivity index (χ4v) is 0.802. The van der Waals surface area contributed by atoms with Gasteiger partial charge in [-0.25, -0.2) is 0 Å². The lowest BCUT2D eigenvalue weighted by Crippen LogP contribution is -2.37. The van der Waals surface area contributed by atoms with Crippen LogP contribution in [0.5, 0.6) is 0 Å². The Kier molecular flexibility index (Phi) is 1.40. The minimum absolute atomic E-state index is 0.00621. The summed E-state index contributed by atoms with van der Waals surface area (Å²) in [7, 11) is 0. The minimum Gasteiger partial charge on any atom is -0.721 e. The summed E-state index contributed by atoms with van der Waals surface area (Å²) >= 11 is 0. The van der Waals surface area contributed by atoms with Gasteiger partial charge in [0, 0.05) is 4.52 Å². The van der Waals surface area contributed by atoms with Crippen LogP contribution in [-0.4, -0.2) is 29.8 Å². The van der Waals surface area contributed by atoms with Crippen molar-refractivity contribution < 1.29 is 9.77 Å². The summed E-state index contributed by atoms with van der Waals surface area (Å²) in [6.07, 6.45) is 0. The molecule has 2 N–H and O–H groups in total. The van der Waals surface area contributed by atoms with Crippen LogP contribution in [-0.2, 0) is 0 Å². The molecule has 0 aromatic carbocycles. The molecule has 0 radical (unpaired) electrons. The molecule has 0 aliphatic heterocycles. The molecular weight excluding hydrogens is 196 g/mol. The molecule has 2 aromatic rings.